The van der Waals surface area contributed by atoms with Gasteiger partial charge in [-0.2, -0.15) is 0 Å². The van der Waals surface area contributed by atoms with E-state index in [1.54, 1.807) is 0 Å². The van der Waals surface area contributed by atoms with Crippen molar-refractivity contribution in [1.29, 1.82) is 0 Å². The molecule has 2 heteroatoms. The van der Waals surface area contributed by atoms with E-state index >= 15 is 0 Å². The summed E-state index contributed by atoms with van der Waals surface area (Å²) in [7, 11) is 0. The van der Waals surface area contributed by atoms with Crippen molar-refractivity contribution in [3.63, 3.8) is 0 Å². The number of allylic oxidation sites excluding steroid dienone is 1. The molecule has 3 aliphatic rings. The van der Waals surface area contributed by atoms with Crippen LogP contribution >= 0.6 is 0 Å². The Morgan fingerprint density at radius 3 is 2.93 bits per heavy atom. The Morgan fingerprint density at radius 1 is 1.29 bits per heavy atom. The molecule has 3 rings (SSSR count). The molecule has 2 nitrogen and oxygen atoms in total. The molecule has 4 unspecified atom stereocenters. The summed E-state index contributed by atoms with van der Waals surface area (Å²) < 4.78 is 5.38. The number of hydrogen-bond donors (Lipinski definition) is 1. The highest BCUT2D eigenvalue weighted by atomic mass is 16.5. The first kappa shape index (κ1) is 8.93. The fraction of sp³-hybridized carbons (Fsp3) is 0.833. The summed E-state index contributed by atoms with van der Waals surface area (Å²) in [5.41, 5.74) is 0. The predicted molar refractivity (Wildman–Crippen MR) is 56.1 cm³/mol. The summed E-state index contributed by atoms with van der Waals surface area (Å²) in [6.07, 6.45) is 8.84. The first-order chi connectivity index (χ1) is 6.92. The molecule has 1 saturated heterocycles. The van der Waals surface area contributed by atoms with Crippen LogP contribution in [0.1, 0.15) is 19.3 Å². The molecule has 1 heterocycles. The SMILES string of the molecule is C1=CC2CC1CC2NCC1CCOC1. The molecule has 1 aliphatic heterocycles. The summed E-state index contributed by atoms with van der Waals surface area (Å²) >= 11 is 0. The van der Waals surface area contributed by atoms with Crippen LogP contribution in [0.3, 0.4) is 0 Å². The van der Waals surface area contributed by atoms with Crippen molar-refractivity contribution in [2.75, 3.05) is 19.8 Å². The van der Waals surface area contributed by atoms with Crippen LogP contribution in [0.15, 0.2) is 12.2 Å². The monoisotopic (exact) mass is 193 g/mol. The first-order valence-corrected chi connectivity index (χ1v) is 5.91. The highest BCUT2D eigenvalue weighted by Gasteiger charge is 2.35. The Morgan fingerprint density at radius 2 is 2.29 bits per heavy atom. The van der Waals surface area contributed by atoms with E-state index in [1.807, 2.05) is 0 Å². The maximum atomic E-state index is 5.38. The number of rotatable bonds is 3. The van der Waals surface area contributed by atoms with Crippen molar-refractivity contribution in [3.05, 3.63) is 12.2 Å². The second-order valence-corrected chi connectivity index (χ2v) is 5.02. The lowest BCUT2D eigenvalue weighted by Crippen LogP contribution is -2.36. The zero-order chi connectivity index (χ0) is 9.38. The molecule has 4 atom stereocenters. The van der Waals surface area contributed by atoms with Gasteiger partial charge in [0.1, 0.15) is 0 Å². The molecule has 2 aliphatic carbocycles. The Kier molecular flexibility index (Phi) is 2.34. The fourth-order valence-corrected chi connectivity index (χ4v) is 3.08. The molecule has 0 aromatic carbocycles. The van der Waals surface area contributed by atoms with E-state index in [9.17, 15) is 0 Å². The van der Waals surface area contributed by atoms with Gasteiger partial charge in [0.2, 0.25) is 0 Å². The maximum Gasteiger partial charge on any atom is 0.0507 e. The highest BCUT2D eigenvalue weighted by molar-refractivity contribution is 5.12. The number of nitrogens with one attached hydrogen (secondary N) is 1. The number of fused-ring (bicyclic) bond motifs is 2. The van der Waals surface area contributed by atoms with E-state index in [4.69, 9.17) is 4.74 Å². The minimum Gasteiger partial charge on any atom is -0.381 e. The van der Waals surface area contributed by atoms with Gasteiger partial charge in [0, 0.05) is 19.2 Å². The van der Waals surface area contributed by atoms with Gasteiger partial charge in [-0.3, -0.25) is 0 Å². The molecule has 1 saturated carbocycles. The van der Waals surface area contributed by atoms with Crippen LogP contribution in [0.4, 0.5) is 0 Å². The standard InChI is InChI=1S/C12H19NO/c1-2-11-5-9(1)6-12(11)13-7-10-3-4-14-8-10/h1-2,9-13H,3-8H2. The molecular weight excluding hydrogens is 174 g/mol. The first-order valence-electron chi connectivity index (χ1n) is 5.91. The van der Waals surface area contributed by atoms with Crippen LogP contribution in [0, 0.1) is 17.8 Å². The zero-order valence-electron chi connectivity index (χ0n) is 8.61. The third-order valence-corrected chi connectivity index (χ3v) is 3.97. The van der Waals surface area contributed by atoms with Gasteiger partial charge in [0.25, 0.3) is 0 Å². The average Bonchev–Trinajstić information content (AvgIpc) is 2.91. The molecule has 2 bridgehead atoms. The van der Waals surface area contributed by atoms with Crippen molar-refractivity contribution >= 4 is 0 Å². The van der Waals surface area contributed by atoms with Crippen LogP contribution in [0.25, 0.3) is 0 Å². The average molecular weight is 193 g/mol. The molecule has 0 radical (unpaired) electrons. The molecule has 14 heavy (non-hydrogen) atoms. The largest absolute Gasteiger partial charge is 0.381 e. The van der Waals surface area contributed by atoms with E-state index in [0.29, 0.717) is 0 Å². The second-order valence-electron chi connectivity index (χ2n) is 5.02. The van der Waals surface area contributed by atoms with E-state index in [-0.39, 0.29) is 0 Å². The third-order valence-electron chi connectivity index (χ3n) is 3.97. The lowest BCUT2D eigenvalue weighted by molar-refractivity contribution is 0.184. The normalized spacial score (nSPS) is 45.1. The van der Waals surface area contributed by atoms with Crippen molar-refractivity contribution in [2.45, 2.75) is 25.3 Å². The fourth-order valence-electron chi connectivity index (χ4n) is 3.08. The Balaban J connectivity index is 1.47. The molecular formula is C12H19NO. The Bertz CT molecular complexity index is 232. The summed E-state index contributed by atoms with van der Waals surface area (Å²) in [4.78, 5) is 0. The summed E-state index contributed by atoms with van der Waals surface area (Å²) in [5.74, 6) is 2.50. The minimum atomic E-state index is 0.769. The molecule has 2 fully saturated rings. The Labute approximate surface area is 85.7 Å². The topological polar surface area (TPSA) is 21.3 Å². The molecule has 0 amide bonds. The summed E-state index contributed by atoms with van der Waals surface area (Å²) in [5, 5.41) is 3.72. The predicted octanol–water partition coefficient (Wildman–Crippen LogP) is 1.58. The van der Waals surface area contributed by atoms with Crippen LogP contribution in [-0.4, -0.2) is 25.8 Å². The van der Waals surface area contributed by atoms with Crippen LogP contribution in [0.5, 0.6) is 0 Å². The quantitative estimate of drug-likeness (QED) is 0.687. The van der Waals surface area contributed by atoms with E-state index in [0.717, 1.165) is 37.0 Å². The van der Waals surface area contributed by atoms with Gasteiger partial charge in [0.05, 0.1) is 6.61 Å². The van der Waals surface area contributed by atoms with Crippen molar-refractivity contribution in [1.82, 2.24) is 5.32 Å². The van der Waals surface area contributed by atoms with Crippen molar-refractivity contribution < 1.29 is 4.74 Å². The third kappa shape index (κ3) is 1.61. The Hall–Kier alpha value is -0.340. The van der Waals surface area contributed by atoms with E-state index in [2.05, 4.69) is 17.5 Å². The lowest BCUT2D eigenvalue weighted by Gasteiger charge is -2.21. The zero-order valence-corrected chi connectivity index (χ0v) is 8.61. The smallest absolute Gasteiger partial charge is 0.0507 e. The van der Waals surface area contributed by atoms with Crippen LogP contribution in [-0.2, 0) is 4.74 Å². The van der Waals surface area contributed by atoms with Gasteiger partial charge in [-0.05, 0) is 37.0 Å². The minimum absolute atomic E-state index is 0.769. The van der Waals surface area contributed by atoms with E-state index in [1.165, 1.54) is 25.8 Å². The van der Waals surface area contributed by atoms with Gasteiger partial charge in [0.15, 0.2) is 0 Å². The van der Waals surface area contributed by atoms with Crippen LogP contribution < -0.4 is 5.32 Å². The molecule has 0 aromatic heterocycles. The molecule has 1 N–H and O–H groups in total. The maximum absolute atomic E-state index is 5.38. The summed E-state index contributed by atoms with van der Waals surface area (Å²) in [6, 6.07) is 0.769. The number of ether oxygens (including phenoxy) is 1. The van der Waals surface area contributed by atoms with E-state index < -0.39 is 0 Å². The van der Waals surface area contributed by atoms with Gasteiger partial charge in [-0.25, -0.2) is 0 Å². The molecule has 0 spiro atoms. The van der Waals surface area contributed by atoms with Gasteiger partial charge in [-0.15, -0.1) is 0 Å². The summed E-state index contributed by atoms with van der Waals surface area (Å²) in [6.45, 7) is 3.12. The van der Waals surface area contributed by atoms with Gasteiger partial charge < -0.3 is 10.1 Å². The second kappa shape index (κ2) is 3.67. The van der Waals surface area contributed by atoms with Gasteiger partial charge in [-0.1, -0.05) is 12.2 Å². The molecule has 0 aromatic rings. The molecule has 78 valence electrons. The highest BCUT2D eigenvalue weighted by Crippen LogP contribution is 2.38. The van der Waals surface area contributed by atoms with Crippen molar-refractivity contribution in [2.24, 2.45) is 17.8 Å². The number of hydrogen-bond acceptors (Lipinski definition) is 2. The lowest BCUT2D eigenvalue weighted by atomic mass is 10.0. The van der Waals surface area contributed by atoms with Crippen LogP contribution in [0.2, 0.25) is 0 Å². The van der Waals surface area contributed by atoms with Crippen molar-refractivity contribution in [3.8, 4) is 0 Å². The van der Waals surface area contributed by atoms with Gasteiger partial charge >= 0.3 is 0 Å².